The van der Waals surface area contributed by atoms with Gasteiger partial charge in [-0.1, -0.05) is 24.3 Å². The molecule has 2 atom stereocenters. The second-order valence-electron chi connectivity index (χ2n) is 9.11. The third-order valence-electron chi connectivity index (χ3n) is 6.84. The van der Waals surface area contributed by atoms with E-state index in [2.05, 4.69) is 23.5 Å². The van der Waals surface area contributed by atoms with Crippen LogP contribution >= 0.6 is 0 Å². The summed E-state index contributed by atoms with van der Waals surface area (Å²) in [5, 5.41) is 12.3. The Balaban J connectivity index is 1.65. The molecule has 7 nitrogen and oxygen atoms in total. The monoisotopic (exact) mass is 464 g/mol. The molecule has 2 aliphatic carbocycles. The molecule has 1 heterocycles. The quantitative estimate of drug-likeness (QED) is 0.362. The number of methoxy groups -OCH3 is 1. The number of esters is 1. The number of hydrogen-bond acceptors (Lipinski definition) is 6. The van der Waals surface area contributed by atoms with Gasteiger partial charge in [-0.25, -0.2) is 0 Å². The number of ether oxygens (including phenoxy) is 2. The fourth-order valence-corrected chi connectivity index (χ4v) is 5.03. The minimum Gasteiger partial charge on any atom is -0.508 e. The molecule has 0 saturated carbocycles. The summed E-state index contributed by atoms with van der Waals surface area (Å²) in [6.07, 6.45) is 10.5. The van der Waals surface area contributed by atoms with Crippen molar-refractivity contribution < 1.29 is 24.2 Å². The van der Waals surface area contributed by atoms with Gasteiger partial charge in [0.15, 0.2) is 6.61 Å². The maximum absolute atomic E-state index is 13.6. The van der Waals surface area contributed by atoms with Crippen LogP contribution in [0.1, 0.15) is 44.6 Å². The molecule has 180 valence electrons. The number of benzene rings is 1. The van der Waals surface area contributed by atoms with Gasteiger partial charge in [-0.2, -0.15) is 0 Å². The van der Waals surface area contributed by atoms with Gasteiger partial charge in [0.2, 0.25) is 0 Å². The van der Waals surface area contributed by atoms with Gasteiger partial charge >= 0.3 is 5.97 Å². The molecule has 0 fully saturated rings. The Bertz CT molecular complexity index is 1070. The molecule has 7 heteroatoms. The zero-order valence-corrected chi connectivity index (χ0v) is 19.8. The van der Waals surface area contributed by atoms with Gasteiger partial charge in [0.05, 0.1) is 17.7 Å². The second-order valence-corrected chi connectivity index (χ2v) is 9.11. The number of allylic oxidation sites excluding steroid dienone is 3. The zero-order chi connectivity index (χ0) is 24.1. The average molecular weight is 465 g/mol. The highest BCUT2D eigenvalue weighted by molar-refractivity contribution is 5.99. The first-order valence-corrected chi connectivity index (χ1v) is 11.8. The lowest BCUT2D eigenvalue weighted by atomic mass is 9.62. The number of rotatable bonds is 7. The van der Waals surface area contributed by atoms with Crippen LogP contribution in [0.2, 0.25) is 0 Å². The van der Waals surface area contributed by atoms with E-state index in [4.69, 9.17) is 14.5 Å². The minimum absolute atomic E-state index is 0.169. The Labute approximate surface area is 200 Å². The van der Waals surface area contributed by atoms with Crippen LogP contribution in [0.15, 0.2) is 58.3 Å². The van der Waals surface area contributed by atoms with Crippen LogP contribution in [0.5, 0.6) is 5.75 Å². The highest BCUT2D eigenvalue weighted by Gasteiger charge is 2.51. The van der Waals surface area contributed by atoms with Crippen molar-refractivity contribution >= 4 is 23.7 Å². The van der Waals surface area contributed by atoms with E-state index < -0.39 is 11.4 Å². The highest BCUT2D eigenvalue weighted by atomic mass is 16.5. The minimum atomic E-state index is -0.912. The van der Waals surface area contributed by atoms with Gasteiger partial charge in [0, 0.05) is 25.3 Å². The van der Waals surface area contributed by atoms with E-state index >= 15 is 0 Å². The number of phenolic OH excluding ortho intramolecular Hbond substituents is 1. The van der Waals surface area contributed by atoms with Crippen molar-refractivity contribution in [1.29, 1.82) is 0 Å². The molecular weight excluding hydrogens is 432 g/mol. The van der Waals surface area contributed by atoms with Gasteiger partial charge < -0.3 is 19.9 Å². The second kappa shape index (κ2) is 10.4. The SMILES string of the molecule is COCCNC(=O)COC(=O)C1(C)C2=C(N=C3CCC=CC31)/C(=C/c1ccc(O)cc1)CCC2. The standard InChI is InChI=1S/C27H32N2O5/c1-27(26(32)34-17-24(31)28-14-15-33-2)21-7-3-4-9-23(21)29-25-19(6-5-8-22(25)27)16-18-10-12-20(30)13-11-18/h3,7,10-13,16,21,30H,4-6,8-9,14-15,17H2,1-2H3,(H,28,31)/b19-16+. The summed E-state index contributed by atoms with van der Waals surface area (Å²) in [6, 6.07) is 7.07. The first-order valence-electron chi connectivity index (χ1n) is 11.8. The topological polar surface area (TPSA) is 97.2 Å². The number of aliphatic imine (C=N–C) groups is 1. The molecule has 0 radical (unpaired) electrons. The van der Waals surface area contributed by atoms with E-state index in [1.165, 1.54) is 0 Å². The van der Waals surface area contributed by atoms with Crippen molar-refractivity contribution in [2.75, 3.05) is 26.9 Å². The molecule has 0 spiro atoms. The normalized spacial score (nSPS) is 24.8. The maximum Gasteiger partial charge on any atom is 0.317 e. The molecule has 2 unspecified atom stereocenters. The number of hydrogen-bond donors (Lipinski definition) is 2. The van der Waals surface area contributed by atoms with Crippen LogP contribution in [0, 0.1) is 11.3 Å². The molecule has 1 amide bonds. The van der Waals surface area contributed by atoms with Gasteiger partial charge in [-0.05, 0) is 73.9 Å². The summed E-state index contributed by atoms with van der Waals surface area (Å²) in [7, 11) is 1.56. The summed E-state index contributed by atoms with van der Waals surface area (Å²) >= 11 is 0. The first-order chi connectivity index (χ1) is 16.4. The van der Waals surface area contributed by atoms with Crippen molar-refractivity contribution in [3.05, 3.63) is 58.8 Å². The third-order valence-corrected chi connectivity index (χ3v) is 6.84. The Morgan fingerprint density at radius 2 is 2.03 bits per heavy atom. The lowest BCUT2D eigenvalue weighted by Gasteiger charge is -2.43. The number of aromatic hydroxyl groups is 1. The van der Waals surface area contributed by atoms with Crippen LogP contribution in [-0.2, 0) is 19.1 Å². The Hall–Kier alpha value is -3.19. The van der Waals surface area contributed by atoms with Gasteiger partial charge in [-0.3, -0.25) is 14.6 Å². The van der Waals surface area contributed by atoms with Gasteiger partial charge in [-0.15, -0.1) is 0 Å². The van der Waals surface area contributed by atoms with E-state index in [1.54, 1.807) is 19.2 Å². The smallest absolute Gasteiger partial charge is 0.317 e. The predicted molar refractivity (Wildman–Crippen MR) is 130 cm³/mol. The van der Waals surface area contributed by atoms with E-state index in [0.717, 1.165) is 60.2 Å². The summed E-state index contributed by atoms with van der Waals surface area (Å²) in [4.78, 5) is 30.8. The maximum atomic E-state index is 13.6. The number of nitrogens with one attached hydrogen (secondary N) is 1. The third kappa shape index (κ3) is 4.85. The van der Waals surface area contributed by atoms with E-state index in [9.17, 15) is 14.7 Å². The average Bonchev–Trinajstić information content (AvgIpc) is 2.85. The Kier molecular flexibility index (Phi) is 7.32. The number of phenols is 1. The predicted octanol–water partition coefficient (Wildman–Crippen LogP) is 3.95. The first kappa shape index (κ1) is 24.0. The number of carbonyl (C=O) groups excluding carboxylic acids is 2. The molecule has 2 N–H and O–H groups in total. The van der Waals surface area contributed by atoms with Crippen molar-refractivity contribution in [2.24, 2.45) is 16.3 Å². The Morgan fingerprint density at radius 3 is 2.79 bits per heavy atom. The summed E-state index contributed by atoms with van der Waals surface area (Å²) in [5.74, 6) is -0.681. The molecule has 0 bridgehead atoms. The molecule has 0 saturated heterocycles. The molecule has 34 heavy (non-hydrogen) atoms. The molecule has 1 aromatic rings. The van der Waals surface area contributed by atoms with E-state index in [0.29, 0.717) is 13.2 Å². The summed E-state index contributed by atoms with van der Waals surface area (Å²) in [5.41, 5.74) is 4.00. The molecular formula is C27H32N2O5. The van der Waals surface area contributed by atoms with Crippen molar-refractivity contribution in [3.8, 4) is 5.75 Å². The highest BCUT2D eigenvalue weighted by Crippen LogP contribution is 2.51. The largest absolute Gasteiger partial charge is 0.508 e. The van der Waals surface area contributed by atoms with E-state index in [1.807, 2.05) is 19.1 Å². The Morgan fingerprint density at radius 1 is 1.24 bits per heavy atom. The van der Waals surface area contributed by atoms with Crippen molar-refractivity contribution in [3.63, 3.8) is 0 Å². The van der Waals surface area contributed by atoms with Crippen molar-refractivity contribution in [2.45, 2.75) is 39.0 Å². The summed E-state index contributed by atoms with van der Waals surface area (Å²) in [6.45, 7) is 2.38. The molecule has 1 aromatic carbocycles. The van der Waals surface area contributed by atoms with Crippen LogP contribution < -0.4 is 5.32 Å². The fourth-order valence-electron chi connectivity index (χ4n) is 5.03. The number of fused-ring (bicyclic) bond motifs is 1. The van der Waals surface area contributed by atoms with Crippen LogP contribution in [0.25, 0.3) is 6.08 Å². The fraction of sp³-hybridized carbons (Fsp3) is 0.444. The lowest BCUT2D eigenvalue weighted by molar-refractivity contribution is -0.157. The van der Waals surface area contributed by atoms with Crippen LogP contribution in [0.4, 0.5) is 0 Å². The lowest BCUT2D eigenvalue weighted by Crippen LogP contribution is -2.47. The van der Waals surface area contributed by atoms with Gasteiger partial charge in [0.1, 0.15) is 5.75 Å². The molecule has 0 aromatic heterocycles. The number of nitrogens with zero attached hydrogens (tertiary/aromatic N) is 1. The number of carbonyl (C=O) groups is 2. The molecule has 1 aliphatic heterocycles. The zero-order valence-electron chi connectivity index (χ0n) is 19.8. The summed E-state index contributed by atoms with van der Waals surface area (Å²) < 4.78 is 10.5. The van der Waals surface area contributed by atoms with Crippen molar-refractivity contribution in [1.82, 2.24) is 5.32 Å². The number of amides is 1. The molecule has 3 aliphatic rings. The van der Waals surface area contributed by atoms with Crippen LogP contribution in [-0.4, -0.2) is 49.6 Å². The molecule has 4 rings (SSSR count). The van der Waals surface area contributed by atoms with E-state index in [-0.39, 0.29) is 24.2 Å². The van der Waals surface area contributed by atoms with Crippen LogP contribution in [0.3, 0.4) is 0 Å². The van der Waals surface area contributed by atoms with Gasteiger partial charge in [0.25, 0.3) is 5.91 Å².